The van der Waals surface area contributed by atoms with Gasteiger partial charge in [0.2, 0.25) is 5.91 Å². The molecule has 1 saturated carbocycles. The number of nitrogens with one attached hydrogen (secondary N) is 1. The number of amides is 1. The summed E-state index contributed by atoms with van der Waals surface area (Å²) in [5.41, 5.74) is 3.02. The highest BCUT2D eigenvalue weighted by Crippen LogP contribution is 2.20. The largest absolute Gasteiger partial charge is 0.350 e. The molecule has 2 rings (SSSR count). The van der Waals surface area contributed by atoms with Gasteiger partial charge in [0, 0.05) is 11.6 Å². The second kappa shape index (κ2) is 6.55. The number of allylic oxidation sites excluding steroid dienone is 1. The molecule has 1 fully saturated rings. The summed E-state index contributed by atoms with van der Waals surface area (Å²) in [5.74, 6) is 0.0910. The first kappa shape index (κ1) is 13.9. The van der Waals surface area contributed by atoms with E-state index >= 15 is 0 Å². The van der Waals surface area contributed by atoms with Crippen molar-refractivity contribution in [2.75, 3.05) is 0 Å². The summed E-state index contributed by atoms with van der Waals surface area (Å²) in [7, 11) is 0. The Morgan fingerprint density at radius 3 is 2.32 bits per heavy atom. The van der Waals surface area contributed by atoms with Crippen LogP contribution in [0.2, 0.25) is 0 Å². The van der Waals surface area contributed by atoms with Crippen LogP contribution in [-0.2, 0) is 4.79 Å². The minimum Gasteiger partial charge on any atom is -0.350 e. The molecule has 2 heteroatoms. The molecular weight excluding hydrogens is 234 g/mol. The van der Waals surface area contributed by atoms with Crippen LogP contribution in [0.25, 0.3) is 5.57 Å². The van der Waals surface area contributed by atoms with Gasteiger partial charge in [-0.3, -0.25) is 4.79 Å². The summed E-state index contributed by atoms with van der Waals surface area (Å²) in [6.07, 6.45) is 6.05. The molecule has 0 atom stereocenters. The zero-order chi connectivity index (χ0) is 13.7. The standard InChI is InChI=1S/C17H23NO/c1-13(15-9-5-3-6-10-15)14(2)17(19)18-16-11-7-4-8-12-16/h3,5-6,9-10,16H,4,7-8,11-12H2,1-2H3,(H,18,19)/b14-13+. The third-order valence-corrected chi connectivity index (χ3v) is 4.05. The van der Waals surface area contributed by atoms with Crippen LogP contribution < -0.4 is 5.32 Å². The van der Waals surface area contributed by atoms with Gasteiger partial charge in [0.1, 0.15) is 0 Å². The normalized spacial score (nSPS) is 17.8. The maximum atomic E-state index is 12.3. The molecule has 0 aromatic heterocycles. The fourth-order valence-corrected chi connectivity index (χ4v) is 2.62. The van der Waals surface area contributed by atoms with Crippen molar-refractivity contribution in [3.05, 3.63) is 41.5 Å². The van der Waals surface area contributed by atoms with Crippen molar-refractivity contribution in [3.63, 3.8) is 0 Å². The van der Waals surface area contributed by atoms with Crippen LogP contribution in [0.1, 0.15) is 51.5 Å². The Morgan fingerprint density at radius 1 is 1.05 bits per heavy atom. The lowest BCUT2D eigenvalue weighted by Crippen LogP contribution is -2.36. The molecule has 1 aromatic carbocycles. The molecule has 0 aliphatic heterocycles. The van der Waals surface area contributed by atoms with E-state index in [1.807, 2.05) is 44.2 Å². The van der Waals surface area contributed by atoms with Crippen molar-refractivity contribution in [1.29, 1.82) is 0 Å². The van der Waals surface area contributed by atoms with Crippen molar-refractivity contribution < 1.29 is 4.79 Å². The first-order chi connectivity index (χ1) is 9.18. The van der Waals surface area contributed by atoms with E-state index in [0.717, 1.165) is 29.6 Å². The van der Waals surface area contributed by atoms with Crippen LogP contribution in [0.5, 0.6) is 0 Å². The molecule has 0 heterocycles. The number of hydrogen-bond donors (Lipinski definition) is 1. The quantitative estimate of drug-likeness (QED) is 0.817. The molecule has 0 spiro atoms. The molecule has 1 aliphatic rings. The van der Waals surface area contributed by atoms with Gasteiger partial charge in [0.15, 0.2) is 0 Å². The van der Waals surface area contributed by atoms with Crippen molar-refractivity contribution in [1.82, 2.24) is 5.32 Å². The van der Waals surface area contributed by atoms with Crippen molar-refractivity contribution in [2.45, 2.75) is 52.0 Å². The first-order valence-corrected chi connectivity index (χ1v) is 7.22. The fourth-order valence-electron chi connectivity index (χ4n) is 2.62. The summed E-state index contributed by atoms with van der Waals surface area (Å²) < 4.78 is 0. The summed E-state index contributed by atoms with van der Waals surface area (Å²) in [6.45, 7) is 3.94. The van der Waals surface area contributed by atoms with Gasteiger partial charge in [-0.05, 0) is 37.8 Å². The zero-order valence-corrected chi connectivity index (χ0v) is 11.9. The van der Waals surface area contributed by atoms with Gasteiger partial charge in [0.05, 0.1) is 0 Å². The molecule has 0 radical (unpaired) electrons. The van der Waals surface area contributed by atoms with Crippen LogP contribution in [-0.4, -0.2) is 11.9 Å². The Labute approximate surface area is 115 Å². The third kappa shape index (κ3) is 3.69. The molecule has 102 valence electrons. The molecular formula is C17H23NO. The minimum atomic E-state index is 0.0910. The van der Waals surface area contributed by atoms with Gasteiger partial charge in [0.25, 0.3) is 0 Å². The van der Waals surface area contributed by atoms with Gasteiger partial charge in [-0.1, -0.05) is 49.6 Å². The second-order valence-electron chi connectivity index (χ2n) is 5.42. The van der Waals surface area contributed by atoms with E-state index in [9.17, 15) is 4.79 Å². The van der Waals surface area contributed by atoms with Crippen molar-refractivity contribution >= 4 is 11.5 Å². The smallest absolute Gasteiger partial charge is 0.247 e. The molecule has 2 nitrogen and oxygen atoms in total. The second-order valence-corrected chi connectivity index (χ2v) is 5.42. The van der Waals surface area contributed by atoms with Gasteiger partial charge in [-0.2, -0.15) is 0 Å². The monoisotopic (exact) mass is 257 g/mol. The third-order valence-electron chi connectivity index (χ3n) is 4.05. The Hall–Kier alpha value is -1.57. The molecule has 1 aromatic rings. The Bertz CT molecular complexity index is 455. The van der Waals surface area contributed by atoms with Gasteiger partial charge >= 0.3 is 0 Å². The zero-order valence-electron chi connectivity index (χ0n) is 11.9. The van der Waals surface area contributed by atoms with E-state index in [4.69, 9.17) is 0 Å². The SMILES string of the molecule is C/C(C(=O)NC1CCCCC1)=C(/C)c1ccccc1. The van der Waals surface area contributed by atoms with E-state index in [1.165, 1.54) is 19.3 Å². The number of benzene rings is 1. The predicted octanol–water partition coefficient (Wildman–Crippen LogP) is 3.93. The lowest BCUT2D eigenvalue weighted by molar-refractivity contribution is -0.118. The van der Waals surface area contributed by atoms with Crippen molar-refractivity contribution in [3.8, 4) is 0 Å². The van der Waals surface area contributed by atoms with E-state index in [2.05, 4.69) is 5.32 Å². The van der Waals surface area contributed by atoms with Crippen LogP contribution in [0.4, 0.5) is 0 Å². The molecule has 19 heavy (non-hydrogen) atoms. The molecule has 0 bridgehead atoms. The average Bonchev–Trinajstić information content (AvgIpc) is 2.47. The molecule has 1 amide bonds. The Kier molecular flexibility index (Phi) is 4.78. The molecule has 1 N–H and O–H groups in total. The number of rotatable bonds is 3. The predicted molar refractivity (Wildman–Crippen MR) is 79.7 cm³/mol. The van der Waals surface area contributed by atoms with Crippen LogP contribution in [0.15, 0.2) is 35.9 Å². The van der Waals surface area contributed by atoms with Gasteiger partial charge in [-0.25, -0.2) is 0 Å². The molecule has 0 unspecified atom stereocenters. The Morgan fingerprint density at radius 2 is 1.68 bits per heavy atom. The van der Waals surface area contributed by atoms with Gasteiger partial charge < -0.3 is 5.32 Å². The lowest BCUT2D eigenvalue weighted by atomic mass is 9.95. The summed E-state index contributed by atoms with van der Waals surface area (Å²) in [4.78, 5) is 12.3. The highest BCUT2D eigenvalue weighted by atomic mass is 16.1. The average molecular weight is 257 g/mol. The van der Waals surface area contributed by atoms with E-state index in [1.54, 1.807) is 0 Å². The minimum absolute atomic E-state index is 0.0910. The maximum Gasteiger partial charge on any atom is 0.247 e. The first-order valence-electron chi connectivity index (χ1n) is 7.22. The van der Waals surface area contributed by atoms with E-state index in [0.29, 0.717) is 6.04 Å². The summed E-state index contributed by atoms with van der Waals surface area (Å²) in [5, 5.41) is 3.17. The van der Waals surface area contributed by atoms with Gasteiger partial charge in [-0.15, -0.1) is 0 Å². The topological polar surface area (TPSA) is 29.1 Å². The van der Waals surface area contributed by atoms with Crippen LogP contribution in [0, 0.1) is 0 Å². The van der Waals surface area contributed by atoms with Crippen LogP contribution in [0.3, 0.4) is 0 Å². The number of carbonyl (C=O) groups is 1. The highest BCUT2D eigenvalue weighted by molar-refractivity contribution is 6.00. The Balaban J connectivity index is 2.05. The fraction of sp³-hybridized carbons (Fsp3) is 0.471. The van der Waals surface area contributed by atoms with Crippen LogP contribution >= 0.6 is 0 Å². The summed E-state index contributed by atoms with van der Waals surface area (Å²) in [6, 6.07) is 10.5. The van der Waals surface area contributed by atoms with E-state index in [-0.39, 0.29) is 5.91 Å². The van der Waals surface area contributed by atoms with Crippen molar-refractivity contribution in [2.24, 2.45) is 0 Å². The number of hydrogen-bond acceptors (Lipinski definition) is 1. The molecule has 0 saturated heterocycles. The highest BCUT2D eigenvalue weighted by Gasteiger charge is 2.17. The number of carbonyl (C=O) groups excluding carboxylic acids is 1. The molecule has 1 aliphatic carbocycles. The summed E-state index contributed by atoms with van der Waals surface area (Å²) >= 11 is 0. The maximum absolute atomic E-state index is 12.3. The van der Waals surface area contributed by atoms with E-state index < -0.39 is 0 Å². The lowest BCUT2D eigenvalue weighted by Gasteiger charge is -2.23.